The first kappa shape index (κ1) is 7.84. The molecule has 1 aromatic rings. The van der Waals surface area contributed by atoms with Gasteiger partial charge in [0.05, 0.1) is 0 Å². The molecule has 1 aliphatic rings. The minimum absolute atomic E-state index is 0.420. The Morgan fingerprint density at radius 2 is 2.42 bits per heavy atom. The first-order chi connectivity index (χ1) is 5.81. The molecule has 0 unspecified atom stereocenters. The average Bonchev–Trinajstić information content (AvgIpc) is 2.80. The molecule has 0 aromatic carbocycles. The van der Waals surface area contributed by atoms with E-state index in [1.807, 2.05) is 0 Å². The highest BCUT2D eigenvalue weighted by atomic mass is 35.5. The highest BCUT2D eigenvalue weighted by Gasteiger charge is 2.24. The lowest BCUT2D eigenvalue weighted by atomic mass is 10.4. The molecule has 62 valence electrons. The molecule has 0 atom stereocenters. The van der Waals surface area contributed by atoms with E-state index < -0.39 is 0 Å². The summed E-state index contributed by atoms with van der Waals surface area (Å²) in [5, 5.41) is 12.3. The van der Waals surface area contributed by atoms with Crippen LogP contribution in [-0.2, 0) is 0 Å². The summed E-state index contributed by atoms with van der Waals surface area (Å²) >= 11 is 6.92. The fourth-order valence-corrected chi connectivity index (χ4v) is 1.76. The van der Waals surface area contributed by atoms with Gasteiger partial charge >= 0.3 is 0 Å². The zero-order valence-electron chi connectivity index (χ0n) is 6.17. The number of hydrogen-bond acceptors (Lipinski definition) is 4. The molecule has 1 saturated carbocycles. The number of nitriles is 1. The van der Waals surface area contributed by atoms with Crippen molar-refractivity contribution in [1.82, 2.24) is 4.37 Å². The second-order valence-corrected chi connectivity index (χ2v) is 3.84. The van der Waals surface area contributed by atoms with Gasteiger partial charge in [0, 0.05) is 6.04 Å². The molecule has 1 heterocycles. The number of hydrogen-bond donors (Lipinski definition) is 1. The molecular weight excluding hydrogens is 194 g/mol. The van der Waals surface area contributed by atoms with Crippen LogP contribution in [0.15, 0.2) is 0 Å². The van der Waals surface area contributed by atoms with Gasteiger partial charge in [0.1, 0.15) is 16.6 Å². The van der Waals surface area contributed by atoms with E-state index in [2.05, 4.69) is 15.8 Å². The summed E-state index contributed by atoms with van der Waals surface area (Å²) in [6, 6.07) is 2.56. The SMILES string of the molecule is N#Cc1snc(Cl)c1NC1CC1. The predicted octanol–water partition coefficient (Wildman–Crippen LogP) is 2.24. The van der Waals surface area contributed by atoms with E-state index in [4.69, 9.17) is 16.9 Å². The van der Waals surface area contributed by atoms with Gasteiger partial charge < -0.3 is 5.32 Å². The van der Waals surface area contributed by atoms with Crippen molar-refractivity contribution in [2.75, 3.05) is 5.32 Å². The highest BCUT2D eigenvalue weighted by molar-refractivity contribution is 7.07. The summed E-state index contributed by atoms with van der Waals surface area (Å²) in [6.45, 7) is 0. The van der Waals surface area contributed by atoms with Crippen LogP contribution in [0.3, 0.4) is 0 Å². The minimum atomic E-state index is 0.420. The van der Waals surface area contributed by atoms with Gasteiger partial charge in [-0.1, -0.05) is 11.6 Å². The molecule has 0 bridgehead atoms. The molecule has 1 aliphatic carbocycles. The monoisotopic (exact) mass is 199 g/mol. The summed E-state index contributed by atoms with van der Waals surface area (Å²) in [5.74, 6) is 0. The van der Waals surface area contributed by atoms with Crippen molar-refractivity contribution in [2.45, 2.75) is 18.9 Å². The predicted molar refractivity (Wildman–Crippen MR) is 48.5 cm³/mol. The van der Waals surface area contributed by atoms with Gasteiger partial charge in [0.25, 0.3) is 0 Å². The van der Waals surface area contributed by atoms with Crippen molar-refractivity contribution in [3.05, 3.63) is 10.0 Å². The number of nitrogens with one attached hydrogen (secondary N) is 1. The molecule has 5 heteroatoms. The molecule has 12 heavy (non-hydrogen) atoms. The second kappa shape index (κ2) is 2.92. The van der Waals surface area contributed by atoms with Crippen LogP contribution in [0.4, 0.5) is 5.69 Å². The second-order valence-electron chi connectivity index (χ2n) is 2.71. The Kier molecular flexibility index (Phi) is 1.91. The molecule has 0 radical (unpaired) electrons. The number of rotatable bonds is 2. The van der Waals surface area contributed by atoms with E-state index in [1.54, 1.807) is 0 Å². The number of halogens is 1. The zero-order valence-corrected chi connectivity index (χ0v) is 7.74. The van der Waals surface area contributed by atoms with Crippen molar-refractivity contribution in [1.29, 1.82) is 5.26 Å². The number of aromatic nitrogens is 1. The van der Waals surface area contributed by atoms with E-state index in [0.717, 1.165) is 24.4 Å². The lowest BCUT2D eigenvalue weighted by molar-refractivity contribution is 1.15. The molecule has 1 N–H and O–H groups in total. The molecule has 3 nitrogen and oxygen atoms in total. The van der Waals surface area contributed by atoms with Gasteiger partial charge in [-0.3, -0.25) is 0 Å². The Hall–Kier alpha value is -0.790. The first-order valence-corrected chi connectivity index (χ1v) is 4.78. The smallest absolute Gasteiger partial charge is 0.167 e. The molecule has 1 aromatic heterocycles. The Morgan fingerprint density at radius 3 is 3.00 bits per heavy atom. The Morgan fingerprint density at radius 1 is 1.67 bits per heavy atom. The summed E-state index contributed by atoms with van der Waals surface area (Å²) in [5.41, 5.74) is 0.715. The van der Waals surface area contributed by atoms with E-state index >= 15 is 0 Å². The van der Waals surface area contributed by atoms with Crippen LogP contribution in [0.5, 0.6) is 0 Å². The lowest BCUT2D eigenvalue weighted by Crippen LogP contribution is -2.01. The van der Waals surface area contributed by atoms with Gasteiger partial charge in [0.15, 0.2) is 5.15 Å². The minimum Gasteiger partial charge on any atom is -0.378 e. The van der Waals surface area contributed by atoms with Crippen LogP contribution in [0.25, 0.3) is 0 Å². The van der Waals surface area contributed by atoms with E-state index in [-0.39, 0.29) is 0 Å². The summed E-state index contributed by atoms with van der Waals surface area (Å²) in [6.07, 6.45) is 2.33. The Bertz CT molecular complexity index is 337. The summed E-state index contributed by atoms with van der Waals surface area (Å²) in [4.78, 5) is 0.576. The Balaban J connectivity index is 2.26. The van der Waals surface area contributed by atoms with Crippen LogP contribution in [0.2, 0.25) is 5.15 Å². The quantitative estimate of drug-likeness (QED) is 0.795. The summed E-state index contributed by atoms with van der Waals surface area (Å²) < 4.78 is 3.89. The molecule has 2 rings (SSSR count). The Labute approximate surface area is 79.1 Å². The maximum Gasteiger partial charge on any atom is 0.167 e. The van der Waals surface area contributed by atoms with Crippen LogP contribution < -0.4 is 5.32 Å². The lowest BCUT2D eigenvalue weighted by Gasteiger charge is -2.00. The number of nitrogens with zero attached hydrogens (tertiary/aromatic N) is 2. The first-order valence-electron chi connectivity index (χ1n) is 3.63. The third-order valence-electron chi connectivity index (χ3n) is 1.68. The van der Waals surface area contributed by atoms with Crippen LogP contribution in [0.1, 0.15) is 17.7 Å². The molecular formula is C7H6ClN3S. The maximum absolute atomic E-state index is 8.69. The fourth-order valence-electron chi connectivity index (χ4n) is 0.904. The van der Waals surface area contributed by atoms with Crippen molar-refractivity contribution < 1.29 is 0 Å². The normalized spacial score (nSPS) is 15.7. The molecule has 0 spiro atoms. The molecule has 0 saturated heterocycles. The van der Waals surface area contributed by atoms with Crippen molar-refractivity contribution >= 4 is 28.8 Å². The largest absolute Gasteiger partial charge is 0.378 e. The standard InChI is InChI=1S/C7H6ClN3S/c8-7-6(10-4-1-2-4)5(3-9)12-11-7/h4,10H,1-2H2. The van der Waals surface area contributed by atoms with Crippen LogP contribution >= 0.6 is 23.1 Å². The summed E-state index contributed by atoms with van der Waals surface area (Å²) in [7, 11) is 0. The van der Waals surface area contributed by atoms with Gasteiger partial charge in [-0.25, -0.2) is 0 Å². The van der Waals surface area contributed by atoms with Crippen LogP contribution in [0, 0.1) is 11.3 Å². The molecule has 0 amide bonds. The zero-order chi connectivity index (χ0) is 8.55. The third-order valence-corrected chi connectivity index (χ3v) is 2.80. The van der Waals surface area contributed by atoms with Gasteiger partial charge in [-0.2, -0.15) is 9.64 Å². The maximum atomic E-state index is 8.69. The van der Waals surface area contributed by atoms with Gasteiger partial charge in [-0.15, -0.1) is 0 Å². The third kappa shape index (κ3) is 1.38. The van der Waals surface area contributed by atoms with Crippen molar-refractivity contribution in [2.24, 2.45) is 0 Å². The van der Waals surface area contributed by atoms with Gasteiger partial charge in [0.2, 0.25) is 0 Å². The molecule has 0 aliphatic heterocycles. The van der Waals surface area contributed by atoms with E-state index in [1.165, 1.54) is 0 Å². The topological polar surface area (TPSA) is 48.7 Å². The van der Waals surface area contributed by atoms with Crippen molar-refractivity contribution in [3.63, 3.8) is 0 Å². The highest BCUT2D eigenvalue weighted by Crippen LogP contribution is 2.33. The number of anilines is 1. The average molecular weight is 200 g/mol. The van der Waals surface area contributed by atoms with Crippen molar-refractivity contribution in [3.8, 4) is 6.07 Å². The van der Waals surface area contributed by atoms with E-state index in [9.17, 15) is 0 Å². The fraction of sp³-hybridized carbons (Fsp3) is 0.429. The van der Waals surface area contributed by atoms with Gasteiger partial charge in [-0.05, 0) is 24.4 Å². The van der Waals surface area contributed by atoms with E-state index in [0.29, 0.717) is 21.8 Å². The van der Waals surface area contributed by atoms with Crippen LogP contribution in [-0.4, -0.2) is 10.4 Å². The molecule has 1 fully saturated rings.